The van der Waals surface area contributed by atoms with Gasteiger partial charge in [-0.1, -0.05) is 28.1 Å². The van der Waals surface area contributed by atoms with Gasteiger partial charge in [-0.25, -0.2) is 4.98 Å². The van der Waals surface area contributed by atoms with E-state index in [-0.39, 0.29) is 5.91 Å². The van der Waals surface area contributed by atoms with Gasteiger partial charge in [0.05, 0.1) is 20.8 Å². The normalized spacial score (nSPS) is 11.0. The Balaban J connectivity index is 1.61. The number of aryl methyl sites for hydroxylation is 1. The molecule has 0 unspecified atom stereocenters. The average molecular weight is 412 g/mol. The molecule has 0 saturated carbocycles. The van der Waals surface area contributed by atoms with Gasteiger partial charge in [-0.15, -0.1) is 11.3 Å². The SMILES string of the molecule is Cn1c(-c2ccc(C(=O)Nc3ccc(Br)cc3)s2)nc2ccccc21. The minimum absolute atomic E-state index is 0.114. The molecule has 0 fully saturated rings. The van der Waals surface area contributed by atoms with Gasteiger partial charge >= 0.3 is 0 Å². The van der Waals surface area contributed by atoms with Crippen LogP contribution in [0.2, 0.25) is 0 Å². The van der Waals surface area contributed by atoms with E-state index in [1.807, 2.05) is 67.7 Å². The van der Waals surface area contributed by atoms with Crippen LogP contribution in [0.1, 0.15) is 9.67 Å². The molecule has 6 heteroatoms. The number of amides is 1. The summed E-state index contributed by atoms with van der Waals surface area (Å²) in [4.78, 5) is 18.8. The summed E-state index contributed by atoms with van der Waals surface area (Å²) in [6.07, 6.45) is 0. The first-order valence-corrected chi connectivity index (χ1v) is 9.31. The van der Waals surface area contributed by atoms with Gasteiger partial charge in [0.25, 0.3) is 5.91 Å². The molecular formula is C19H14BrN3OS. The highest BCUT2D eigenvalue weighted by Crippen LogP contribution is 2.30. The van der Waals surface area contributed by atoms with Gasteiger partial charge < -0.3 is 9.88 Å². The number of thiophene rings is 1. The number of imidazole rings is 1. The van der Waals surface area contributed by atoms with Crippen molar-refractivity contribution in [2.45, 2.75) is 0 Å². The zero-order chi connectivity index (χ0) is 17.4. The number of carbonyl (C=O) groups excluding carboxylic acids is 1. The van der Waals surface area contributed by atoms with Crippen LogP contribution in [0.15, 0.2) is 65.1 Å². The second-order valence-corrected chi connectivity index (χ2v) is 7.61. The molecular weight excluding hydrogens is 398 g/mol. The maximum absolute atomic E-state index is 12.5. The molecule has 1 N–H and O–H groups in total. The number of hydrogen-bond acceptors (Lipinski definition) is 3. The van der Waals surface area contributed by atoms with Crippen LogP contribution >= 0.6 is 27.3 Å². The van der Waals surface area contributed by atoms with Gasteiger partial charge in [0.15, 0.2) is 5.82 Å². The van der Waals surface area contributed by atoms with Gasteiger partial charge in [-0.2, -0.15) is 0 Å². The molecule has 4 rings (SSSR count). The fraction of sp³-hybridized carbons (Fsp3) is 0.0526. The number of fused-ring (bicyclic) bond motifs is 1. The van der Waals surface area contributed by atoms with Crippen molar-refractivity contribution in [1.29, 1.82) is 0 Å². The molecule has 1 amide bonds. The van der Waals surface area contributed by atoms with Gasteiger partial charge in [0.2, 0.25) is 0 Å². The van der Waals surface area contributed by atoms with Crippen molar-refractivity contribution >= 4 is 49.9 Å². The van der Waals surface area contributed by atoms with Gasteiger partial charge in [0, 0.05) is 17.2 Å². The van der Waals surface area contributed by atoms with Crippen molar-refractivity contribution in [2.24, 2.45) is 7.05 Å². The zero-order valence-electron chi connectivity index (χ0n) is 13.4. The number of anilines is 1. The second-order valence-electron chi connectivity index (χ2n) is 5.61. The number of carbonyl (C=O) groups is 1. The van der Waals surface area contributed by atoms with E-state index in [4.69, 9.17) is 0 Å². The van der Waals surface area contributed by atoms with Crippen LogP contribution in [-0.4, -0.2) is 15.5 Å². The van der Waals surface area contributed by atoms with Crippen molar-refractivity contribution < 1.29 is 4.79 Å². The smallest absolute Gasteiger partial charge is 0.265 e. The van der Waals surface area contributed by atoms with Crippen LogP contribution in [0.4, 0.5) is 5.69 Å². The summed E-state index contributed by atoms with van der Waals surface area (Å²) >= 11 is 4.83. The van der Waals surface area contributed by atoms with Crippen LogP contribution < -0.4 is 5.32 Å². The fourth-order valence-electron chi connectivity index (χ4n) is 2.67. The van der Waals surface area contributed by atoms with Gasteiger partial charge in [0.1, 0.15) is 0 Å². The Morgan fingerprint density at radius 3 is 2.60 bits per heavy atom. The van der Waals surface area contributed by atoms with E-state index in [1.54, 1.807) is 0 Å². The summed E-state index contributed by atoms with van der Waals surface area (Å²) in [7, 11) is 1.99. The zero-order valence-corrected chi connectivity index (χ0v) is 15.8. The molecule has 0 spiro atoms. The number of hydrogen-bond donors (Lipinski definition) is 1. The molecule has 0 aliphatic rings. The molecule has 0 aliphatic carbocycles. The Hall–Kier alpha value is -2.44. The number of nitrogens with zero attached hydrogens (tertiary/aromatic N) is 2. The van der Waals surface area contributed by atoms with Crippen LogP contribution in [-0.2, 0) is 7.05 Å². The first-order valence-electron chi connectivity index (χ1n) is 7.70. The lowest BCUT2D eigenvalue weighted by Gasteiger charge is -2.03. The Kier molecular flexibility index (Phi) is 4.15. The first-order chi connectivity index (χ1) is 12.1. The van der Waals surface area contributed by atoms with Crippen molar-refractivity contribution in [2.75, 3.05) is 5.32 Å². The molecule has 2 aromatic carbocycles. The molecule has 0 bridgehead atoms. The number of para-hydroxylation sites is 2. The summed E-state index contributed by atoms with van der Waals surface area (Å²) in [5, 5.41) is 2.91. The predicted octanol–water partition coefficient (Wildman–Crippen LogP) is 5.32. The van der Waals surface area contributed by atoms with E-state index in [9.17, 15) is 4.79 Å². The molecule has 4 aromatic rings. The van der Waals surface area contributed by atoms with Crippen molar-refractivity contribution in [1.82, 2.24) is 9.55 Å². The van der Waals surface area contributed by atoms with E-state index < -0.39 is 0 Å². The summed E-state index contributed by atoms with van der Waals surface area (Å²) in [5.74, 6) is 0.756. The molecule has 124 valence electrons. The van der Waals surface area contributed by atoms with E-state index >= 15 is 0 Å². The molecule has 0 aliphatic heterocycles. The average Bonchev–Trinajstić information content (AvgIpc) is 3.22. The highest BCUT2D eigenvalue weighted by Gasteiger charge is 2.15. The number of benzene rings is 2. The van der Waals surface area contributed by atoms with E-state index in [2.05, 4.69) is 30.8 Å². The van der Waals surface area contributed by atoms with Crippen LogP contribution in [0, 0.1) is 0 Å². The Labute approximate surface area is 157 Å². The Bertz CT molecular complexity index is 1070. The maximum Gasteiger partial charge on any atom is 0.265 e. The first kappa shape index (κ1) is 16.1. The van der Waals surface area contributed by atoms with E-state index in [0.717, 1.165) is 31.9 Å². The van der Waals surface area contributed by atoms with Crippen LogP contribution in [0.25, 0.3) is 21.7 Å². The number of nitrogens with one attached hydrogen (secondary N) is 1. The van der Waals surface area contributed by atoms with Gasteiger partial charge in [-0.3, -0.25) is 4.79 Å². The minimum atomic E-state index is -0.114. The van der Waals surface area contributed by atoms with E-state index in [0.29, 0.717) is 4.88 Å². The molecule has 0 saturated heterocycles. The Morgan fingerprint density at radius 1 is 1.08 bits per heavy atom. The quantitative estimate of drug-likeness (QED) is 0.495. The maximum atomic E-state index is 12.5. The lowest BCUT2D eigenvalue weighted by atomic mass is 10.3. The molecule has 2 heterocycles. The number of aromatic nitrogens is 2. The fourth-order valence-corrected chi connectivity index (χ4v) is 3.86. The van der Waals surface area contributed by atoms with Crippen LogP contribution in [0.5, 0.6) is 0 Å². The third kappa shape index (κ3) is 3.10. The number of halogens is 1. The monoisotopic (exact) mass is 411 g/mol. The van der Waals surface area contributed by atoms with Gasteiger partial charge in [-0.05, 0) is 48.5 Å². The summed E-state index contributed by atoms with van der Waals surface area (Å²) in [6.45, 7) is 0. The Morgan fingerprint density at radius 2 is 1.84 bits per heavy atom. The van der Waals surface area contributed by atoms with E-state index in [1.165, 1.54) is 11.3 Å². The minimum Gasteiger partial charge on any atom is -0.326 e. The summed E-state index contributed by atoms with van der Waals surface area (Å²) in [5.41, 5.74) is 2.80. The van der Waals surface area contributed by atoms with Crippen molar-refractivity contribution in [3.63, 3.8) is 0 Å². The molecule has 0 atom stereocenters. The molecule has 25 heavy (non-hydrogen) atoms. The molecule has 4 nitrogen and oxygen atoms in total. The lowest BCUT2D eigenvalue weighted by Crippen LogP contribution is -2.09. The predicted molar refractivity (Wildman–Crippen MR) is 106 cm³/mol. The second kappa shape index (κ2) is 6.46. The third-order valence-electron chi connectivity index (χ3n) is 3.94. The van der Waals surface area contributed by atoms with Crippen molar-refractivity contribution in [3.05, 3.63) is 70.0 Å². The number of rotatable bonds is 3. The highest BCUT2D eigenvalue weighted by molar-refractivity contribution is 9.10. The standard InChI is InChI=1S/C19H14BrN3OS/c1-23-15-5-3-2-4-14(15)22-18(23)16-10-11-17(25-16)19(24)21-13-8-6-12(20)7-9-13/h2-11H,1H3,(H,21,24). The molecule has 0 radical (unpaired) electrons. The highest BCUT2D eigenvalue weighted by atomic mass is 79.9. The van der Waals surface area contributed by atoms with Crippen LogP contribution in [0.3, 0.4) is 0 Å². The largest absolute Gasteiger partial charge is 0.326 e. The topological polar surface area (TPSA) is 46.9 Å². The lowest BCUT2D eigenvalue weighted by molar-refractivity contribution is 0.103. The summed E-state index contributed by atoms with van der Waals surface area (Å²) < 4.78 is 3.03. The summed E-state index contributed by atoms with van der Waals surface area (Å²) in [6, 6.07) is 19.3. The molecule has 2 aromatic heterocycles. The van der Waals surface area contributed by atoms with Crippen molar-refractivity contribution in [3.8, 4) is 10.7 Å². The third-order valence-corrected chi connectivity index (χ3v) is 5.55.